The highest BCUT2D eigenvalue weighted by molar-refractivity contribution is 5.99. The van der Waals surface area contributed by atoms with Gasteiger partial charge in [-0.2, -0.15) is 0 Å². The first-order chi connectivity index (χ1) is 13.0. The molecule has 2 aromatic carbocycles. The predicted molar refractivity (Wildman–Crippen MR) is 101 cm³/mol. The minimum absolute atomic E-state index is 0.0874. The quantitative estimate of drug-likeness (QED) is 0.434. The molecule has 6 heteroatoms. The molecule has 1 amide bonds. The van der Waals surface area contributed by atoms with E-state index in [9.17, 15) is 18.8 Å². The molecule has 0 radical (unpaired) electrons. The van der Waals surface area contributed by atoms with E-state index < -0.39 is 18.4 Å². The zero-order valence-corrected chi connectivity index (χ0v) is 14.9. The van der Waals surface area contributed by atoms with Crippen molar-refractivity contribution in [1.29, 1.82) is 0 Å². The lowest BCUT2D eigenvalue weighted by atomic mass is 10.1. The van der Waals surface area contributed by atoms with E-state index >= 15 is 0 Å². The standard InChI is InChI=1S/C21H20FNO4/c1-2-4-20(25)23-18-10-8-16(9-11-18)19(24)14-27-21(26)12-7-15-5-3-6-17(22)13-15/h3,5-13H,2,4,14H2,1H3,(H,23,25)/b12-7+. The van der Waals surface area contributed by atoms with Gasteiger partial charge in [0.05, 0.1) is 0 Å². The zero-order chi connectivity index (χ0) is 19.6. The fraction of sp³-hybridized carbons (Fsp3) is 0.190. The second kappa shape index (κ2) is 10.0. The van der Waals surface area contributed by atoms with E-state index in [-0.39, 0.29) is 11.7 Å². The number of amides is 1. The van der Waals surface area contributed by atoms with E-state index in [1.807, 2.05) is 6.92 Å². The van der Waals surface area contributed by atoms with E-state index in [4.69, 9.17) is 4.74 Å². The van der Waals surface area contributed by atoms with Gasteiger partial charge in [0.2, 0.25) is 5.91 Å². The van der Waals surface area contributed by atoms with Gasteiger partial charge >= 0.3 is 5.97 Å². The molecule has 1 N–H and O–H groups in total. The van der Waals surface area contributed by atoms with E-state index in [0.717, 1.165) is 12.5 Å². The summed E-state index contributed by atoms with van der Waals surface area (Å²) in [5, 5.41) is 2.72. The molecule has 0 aliphatic rings. The molecule has 0 saturated heterocycles. The molecular formula is C21H20FNO4. The lowest BCUT2D eigenvalue weighted by molar-refractivity contribution is -0.136. The van der Waals surface area contributed by atoms with Gasteiger partial charge in [-0.1, -0.05) is 19.1 Å². The van der Waals surface area contributed by atoms with Crippen LogP contribution < -0.4 is 5.32 Å². The van der Waals surface area contributed by atoms with Gasteiger partial charge in [-0.25, -0.2) is 9.18 Å². The van der Waals surface area contributed by atoms with Crippen LogP contribution in [-0.2, 0) is 14.3 Å². The fourth-order valence-electron chi connectivity index (χ4n) is 2.23. The second-order valence-electron chi connectivity index (χ2n) is 5.79. The number of benzene rings is 2. The molecular weight excluding hydrogens is 349 g/mol. The van der Waals surface area contributed by atoms with Crippen molar-refractivity contribution in [3.63, 3.8) is 0 Å². The SMILES string of the molecule is CCCC(=O)Nc1ccc(C(=O)COC(=O)/C=C/c2cccc(F)c2)cc1. The minimum Gasteiger partial charge on any atom is -0.454 e. The molecule has 0 unspecified atom stereocenters. The van der Waals surface area contributed by atoms with Crippen LogP contribution in [-0.4, -0.2) is 24.3 Å². The number of nitrogens with one attached hydrogen (secondary N) is 1. The van der Waals surface area contributed by atoms with Crippen LogP contribution in [0.2, 0.25) is 0 Å². The van der Waals surface area contributed by atoms with Crippen LogP contribution in [0.1, 0.15) is 35.7 Å². The molecule has 0 aromatic heterocycles. The van der Waals surface area contributed by atoms with Crippen molar-refractivity contribution >= 4 is 29.4 Å². The Morgan fingerprint density at radius 1 is 1.11 bits per heavy atom. The van der Waals surface area contributed by atoms with Crippen LogP contribution in [0.3, 0.4) is 0 Å². The Hall–Kier alpha value is -3.28. The normalized spacial score (nSPS) is 10.6. The van der Waals surface area contributed by atoms with E-state index in [1.54, 1.807) is 30.3 Å². The molecule has 2 rings (SSSR count). The maximum absolute atomic E-state index is 13.1. The second-order valence-corrected chi connectivity index (χ2v) is 5.79. The van der Waals surface area contributed by atoms with Crippen molar-refractivity contribution in [2.75, 3.05) is 11.9 Å². The number of hydrogen-bond acceptors (Lipinski definition) is 4. The highest BCUT2D eigenvalue weighted by Crippen LogP contribution is 2.11. The summed E-state index contributed by atoms with van der Waals surface area (Å²) in [6.07, 6.45) is 3.72. The van der Waals surface area contributed by atoms with Gasteiger partial charge in [-0.3, -0.25) is 9.59 Å². The summed E-state index contributed by atoms with van der Waals surface area (Å²) in [6, 6.07) is 12.1. The molecule has 2 aromatic rings. The maximum Gasteiger partial charge on any atom is 0.331 e. The number of esters is 1. The van der Waals surface area contributed by atoms with Crippen LogP contribution in [0.25, 0.3) is 6.08 Å². The Balaban J connectivity index is 1.84. The van der Waals surface area contributed by atoms with Crippen LogP contribution in [0.5, 0.6) is 0 Å². The summed E-state index contributed by atoms with van der Waals surface area (Å²) in [7, 11) is 0. The highest BCUT2D eigenvalue weighted by atomic mass is 19.1. The number of halogens is 1. The van der Waals surface area contributed by atoms with Crippen molar-refractivity contribution in [2.45, 2.75) is 19.8 Å². The van der Waals surface area contributed by atoms with Crippen LogP contribution in [0.4, 0.5) is 10.1 Å². The van der Waals surface area contributed by atoms with Crippen LogP contribution >= 0.6 is 0 Å². The highest BCUT2D eigenvalue weighted by Gasteiger charge is 2.09. The molecule has 5 nitrogen and oxygen atoms in total. The van der Waals surface area contributed by atoms with Crippen LogP contribution in [0.15, 0.2) is 54.6 Å². The first kappa shape index (κ1) is 20.0. The number of carbonyl (C=O) groups is 3. The Bertz CT molecular complexity index is 844. The topological polar surface area (TPSA) is 72.5 Å². The van der Waals surface area contributed by atoms with Gasteiger partial charge in [-0.05, 0) is 54.5 Å². The molecule has 0 heterocycles. The summed E-state index contributed by atoms with van der Waals surface area (Å²) in [5.41, 5.74) is 1.48. The Labute approximate surface area is 156 Å². The monoisotopic (exact) mass is 369 g/mol. The van der Waals surface area contributed by atoms with Crippen molar-refractivity contribution in [3.05, 3.63) is 71.6 Å². The molecule has 27 heavy (non-hydrogen) atoms. The van der Waals surface area contributed by atoms with Gasteiger partial charge in [0.25, 0.3) is 0 Å². The first-order valence-electron chi connectivity index (χ1n) is 8.51. The molecule has 0 aliphatic carbocycles. The Morgan fingerprint density at radius 3 is 2.52 bits per heavy atom. The number of ether oxygens (including phenoxy) is 1. The Kier molecular flexibility index (Phi) is 7.43. The van der Waals surface area contributed by atoms with E-state index in [2.05, 4.69) is 5.32 Å². The first-order valence-corrected chi connectivity index (χ1v) is 8.51. The summed E-state index contributed by atoms with van der Waals surface area (Å²) >= 11 is 0. The third-order valence-electron chi connectivity index (χ3n) is 3.57. The largest absolute Gasteiger partial charge is 0.454 e. The lowest BCUT2D eigenvalue weighted by Crippen LogP contribution is -2.13. The fourth-order valence-corrected chi connectivity index (χ4v) is 2.23. The number of anilines is 1. The maximum atomic E-state index is 13.1. The summed E-state index contributed by atoms with van der Waals surface area (Å²) in [5.74, 6) is -1.56. The molecule has 0 saturated carbocycles. The number of Topliss-reactive ketones (excluding diaryl/α,β-unsaturated/α-hetero) is 1. The number of carbonyl (C=O) groups excluding carboxylic acids is 3. The van der Waals surface area contributed by atoms with E-state index in [1.165, 1.54) is 24.3 Å². The molecule has 0 spiro atoms. The van der Waals surface area contributed by atoms with Crippen molar-refractivity contribution in [2.24, 2.45) is 0 Å². The smallest absolute Gasteiger partial charge is 0.331 e. The van der Waals surface area contributed by atoms with Crippen molar-refractivity contribution < 1.29 is 23.5 Å². The predicted octanol–water partition coefficient (Wildman–Crippen LogP) is 4.00. The van der Waals surface area contributed by atoms with E-state index in [0.29, 0.717) is 23.2 Å². The Morgan fingerprint density at radius 2 is 1.85 bits per heavy atom. The molecule has 0 atom stereocenters. The molecule has 0 fully saturated rings. The lowest BCUT2D eigenvalue weighted by Gasteiger charge is -2.06. The minimum atomic E-state index is -0.698. The summed E-state index contributed by atoms with van der Waals surface area (Å²) < 4.78 is 18.0. The average molecular weight is 369 g/mol. The number of ketones is 1. The third-order valence-corrected chi connectivity index (χ3v) is 3.57. The van der Waals surface area contributed by atoms with Gasteiger partial charge < -0.3 is 10.1 Å². The summed E-state index contributed by atoms with van der Waals surface area (Å²) in [4.78, 5) is 35.3. The molecule has 0 aliphatic heterocycles. The number of rotatable bonds is 8. The van der Waals surface area contributed by atoms with Crippen LogP contribution in [0, 0.1) is 5.82 Å². The van der Waals surface area contributed by atoms with Crippen molar-refractivity contribution in [1.82, 2.24) is 0 Å². The van der Waals surface area contributed by atoms with Gasteiger partial charge in [0.15, 0.2) is 12.4 Å². The zero-order valence-electron chi connectivity index (χ0n) is 14.9. The van der Waals surface area contributed by atoms with Gasteiger partial charge in [0.1, 0.15) is 5.82 Å². The van der Waals surface area contributed by atoms with Crippen molar-refractivity contribution in [3.8, 4) is 0 Å². The average Bonchev–Trinajstić information content (AvgIpc) is 2.65. The molecule has 140 valence electrons. The van der Waals surface area contributed by atoms with Gasteiger partial charge in [-0.15, -0.1) is 0 Å². The van der Waals surface area contributed by atoms with Gasteiger partial charge in [0, 0.05) is 23.7 Å². The number of hydrogen-bond donors (Lipinski definition) is 1. The third kappa shape index (κ3) is 6.86. The molecule has 0 bridgehead atoms. The summed E-state index contributed by atoms with van der Waals surface area (Å²) in [6.45, 7) is 1.50.